The molecule has 1 aromatic heterocycles. The molecule has 4 heterocycles. The van der Waals surface area contributed by atoms with Gasteiger partial charge in [0.1, 0.15) is 5.60 Å². The average Bonchev–Trinajstić information content (AvgIpc) is 3.36. The first kappa shape index (κ1) is 17.9. The van der Waals surface area contributed by atoms with Crippen molar-refractivity contribution in [3.8, 4) is 10.4 Å². The lowest BCUT2D eigenvalue weighted by Gasteiger charge is -2.44. The number of carbonyl (C=O) groups excluding carboxylic acids is 2. The molecule has 2 aromatic rings. The van der Waals surface area contributed by atoms with Crippen LogP contribution in [0.15, 0.2) is 36.4 Å². The smallest absolute Gasteiger partial charge is 0.227 e. The summed E-state index contributed by atoms with van der Waals surface area (Å²) in [5.41, 5.74) is 2.40. The van der Waals surface area contributed by atoms with E-state index in [4.69, 9.17) is 4.74 Å². The Bertz CT molecular complexity index is 900. The number of carbonyl (C=O) groups is 2. The number of amides is 2. The Kier molecular flexibility index (Phi) is 4.48. The van der Waals surface area contributed by atoms with Crippen LogP contribution in [0.1, 0.15) is 29.7 Å². The molecule has 0 radical (unpaired) electrons. The lowest BCUT2D eigenvalue weighted by atomic mass is 9.85. The quantitative estimate of drug-likeness (QED) is 0.849. The molecule has 1 spiro atoms. The van der Waals surface area contributed by atoms with Gasteiger partial charge in [-0.1, -0.05) is 30.3 Å². The van der Waals surface area contributed by atoms with Crippen molar-refractivity contribution >= 4 is 23.2 Å². The molecule has 0 saturated carbocycles. The lowest BCUT2D eigenvalue weighted by molar-refractivity contribution is -0.144. The van der Waals surface area contributed by atoms with Gasteiger partial charge in [0, 0.05) is 35.8 Å². The second-order valence-corrected chi connectivity index (χ2v) is 9.01. The topological polar surface area (TPSA) is 58.6 Å². The third-order valence-corrected chi connectivity index (χ3v) is 7.65. The minimum atomic E-state index is -0.258. The second kappa shape index (κ2) is 7.01. The highest BCUT2D eigenvalue weighted by Gasteiger charge is 2.44. The summed E-state index contributed by atoms with van der Waals surface area (Å²) < 4.78 is 6.36. The van der Waals surface area contributed by atoms with Gasteiger partial charge in [-0.2, -0.15) is 0 Å². The van der Waals surface area contributed by atoms with Crippen molar-refractivity contribution in [2.45, 2.75) is 31.3 Å². The maximum absolute atomic E-state index is 12.7. The van der Waals surface area contributed by atoms with Crippen LogP contribution in [0.25, 0.3) is 10.4 Å². The van der Waals surface area contributed by atoms with Crippen molar-refractivity contribution in [1.29, 1.82) is 0 Å². The first-order valence-electron chi connectivity index (χ1n) is 10.0. The molecule has 1 unspecified atom stereocenters. The summed E-state index contributed by atoms with van der Waals surface area (Å²) in [5, 5.41) is 2.77. The molecule has 1 aromatic carbocycles. The first-order valence-corrected chi connectivity index (χ1v) is 10.8. The number of nitrogens with one attached hydrogen (secondary N) is 1. The number of hydrogen-bond acceptors (Lipinski definition) is 4. The summed E-state index contributed by atoms with van der Waals surface area (Å²) in [6.45, 7) is 2.61. The van der Waals surface area contributed by atoms with Crippen LogP contribution in [0.5, 0.6) is 0 Å². The number of fused-ring (bicyclic) bond motifs is 2. The SMILES string of the molecule is O=C1CC(C(=O)N2CCC3(CC2)OCCc2cc(-c4ccccc4)sc23)CN1. The van der Waals surface area contributed by atoms with Crippen LogP contribution in [0.2, 0.25) is 0 Å². The average molecular weight is 397 g/mol. The highest BCUT2D eigenvalue weighted by atomic mass is 32.1. The van der Waals surface area contributed by atoms with Crippen molar-refractivity contribution in [2.75, 3.05) is 26.2 Å². The van der Waals surface area contributed by atoms with Gasteiger partial charge in [0.25, 0.3) is 0 Å². The molecule has 28 heavy (non-hydrogen) atoms. The molecule has 146 valence electrons. The molecule has 6 heteroatoms. The molecule has 2 amide bonds. The fourth-order valence-corrected chi connectivity index (χ4v) is 6.08. The van der Waals surface area contributed by atoms with Crippen LogP contribution in [-0.4, -0.2) is 43.0 Å². The number of thiophene rings is 1. The van der Waals surface area contributed by atoms with Crippen LogP contribution < -0.4 is 5.32 Å². The standard InChI is InChI=1S/C22H24N2O3S/c25-19-13-17(14-23-19)21(26)24-9-7-22(8-10-24)20-16(6-11-27-22)12-18(28-20)15-4-2-1-3-5-15/h1-5,12,17H,6-11,13-14H2,(H,23,25). The van der Waals surface area contributed by atoms with Gasteiger partial charge in [-0.05, 0) is 36.5 Å². The maximum Gasteiger partial charge on any atom is 0.227 e. The Morgan fingerprint density at radius 3 is 2.71 bits per heavy atom. The molecular formula is C22H24N2O3S. The van der Waals surface area contributed by atoms with E-state index in [1.54, 1.807) is 0 Å². The Morgan fingerprint density at radius 2 is 2.00 bits per heavy atom. The van der Waals surface area contributed by atoms with Crippen molar-refractivity contribution in [3.05, 3.63) is 46.8 Å². The summed E-state index contributed by atoms with van der Waals surface area (Å²) in [6, 6.07) is 12.8. The molecule has 3 aliphatic heterocycles. The molecule has 0 bridgehead atoms. The first-order chi connectivity index (χ1) is 13.6. The molecule has 0 aliphatic carbocycles. The largest absolute Gasteiger partial charge is 0.369 e. The van der Waals surface area contributed by atoms with E-state index in [9.17, 15) is 9.59 Å². The molecule has 2 fully saturated rings. The van der Waals surface area contributed by atoms with Crippen molar-refractivity contribution in [3.63, 3.8) is 0 Å². The number of ether oxygens (including phenoxy) is 1. The fourth-order valence-electron chi connectivity index (χ4n) is 4.66. The Hall–Kier alpha value is -2.18. The minimum absolute atomic E-state index is 0.0147. The van der Waals surface area contributed by atoms with E-state index in [0.717, 1.165) is 25.9 Å². The zero-order valence-electron chi connectivity index (χ0n) is 15.8. The van der Waals surface area contributed by atoms with Crippen molar-refractivity contribution in [1.82, 2.24) is 10.2 Å². The molecule has 2 saturated heterocycles. The highest BCUT2D eigenvalue weighted by Crippen LogP contribution is 2.47. The van der Waals surface area contributed by atoms with Gasteiger partial charge < -0.3 is 15.0 Å². The predicted octanol–water partition coefficient (Wildman–Crippen LogP) is 2.94. The molecular weight excluding hydrogens is 372 g/mol. The molecule has 3 aliphatic rings. The van der Waals surface area contributed by atoms with Crippen molar-refractivity contribution in [2.24, 2.45) is 5.92 Å². The summed E-state index contributed by atoms with van der Waals surface area (Å²) in [7, 11) is 0. The number of benzene rings is 1. The van der Waals surface area contributed by atoms with Gasteiger partial charge in [-0.3, -0.25) is 9.59 Å². The van der Waals surface area contributed by atoms with E-state index in [2.05, 4.69) is 35.6 Å². The van der Waals surface area contributed by atoms with Gasteiger partial charge in [0.05, 0.1) is 12.5 Å². The normalized spacial score (nSPS) is 23.5. The Morgan fingerprint density at radius 1 is 1.21 bits per heavy atom. The Labute approximate surface area is 168 Å². The van der Waals surface area contributed by atoms with Crippen LogP contribution in [0.3, 0.4) is 0 Å². The minimum Gasteiger partial charge on any atom is -0.369 e. The lowest BCUT2D eigenvalue weighted by Crippen LogP contribution is -2.49. The van der Waals surface area contributed by atoms with Crippen LogP contribution in [0, 0.1) is 5.92 Å². The van der Waals surface area contributed by atoms with E-state index in [0.29, 0.717) is 26.1 Å². The maximum atomic E-state index is 12.7. The van der Waals surface area contributed by atoms with E-state index >= 15 is 0 Å². The van der Waals surface area contributed by atoms with Crippen LogP contribution in [0.4, 0.5) is 0 Å². The number of hydrogen-bond donors (Lipinski definition) is 1. The number of nitrogens with zero attached hydrogens (tertiary/aromatic N) is 1. The van der Waals surface area contributed by atoms with Gasteiger partial charge >= 0.3 is 0 Å². The highest BCUT2D eigenvalue weighted by molar-refractivity contribution is 7.15. The van der Waals surface area contributed by atoms with Gasteiger partial charge in [0.2, 0.25) is 11.8 Å². The van der Waals surface area contributed by atoms with Crippen LogP contribution >= 0.6 is 11.3 Å². The fraction of sp³-hybridized carbons (Fsp3) is 0.455. The van der Waals surface area contributed by atoms with Crippen LogP contribution in [-0.2, 0) is 26.3 Å². The zero-order valence-corrected chi connectivity index (χ0v) is 16.6. The van der Waals surface area contributed by atoms with Crippen molar-refractivity contribution < 1.29 is 14.3 Å². The molecule has 1 N–H and O–H groups in total. The van der Waals surface area contributed by atoms with E-state index < -0.39 is 0 Å². The van der Waals surface area contributed by atoms with Gasteiger partial charge in [-0.25, -0.2) is 0 Å². The third kappa shape index (κ3) is 3.05. The summed E-state index contributed by atoms with van der Waals surface area (Å²) >= 11 is 1.85. The second-order valence-electron chi connectivity index (χ2n) is 7.95. The zero-order chi connectivity index (χ0) is 19.1. The summed E-state index contributed by atoms with van der Waals surface area (Å²) in [5.74, 6) is -0.102. The number of piperidine rings is 1. The van der Waals surface area contributed by atoms with Gasteiger partial charge in [0.15, 0.2) is 0 Å². The number of likely N-dealkylation sites (tertiary alicyclic amines) is 1. The van der Waals surface area contributed by atoms with Gasteiger partial charge in [-0.15, -0.1) is 11.3 Å². The number of rotatable bonds is 2. The monoisotopic (exact) mass is 396 g/mol. The third-order valence-electron chi connectivity index (χ3n) is 6.24. The molecule has 1 atom stereocenters. The summed E-state index contributed by atoms with van der Waals surface area (Å²) in [6.07, 6.45) is 2.94. The summed E-state index contributed by atoms with van der Waals surface area (Å²) in [4.78, 5) is 28.8. The van der Waals surface area contributed by atoms with E-state index in [1.807, 2.05) is 22.3 Å². The van der Waals surface area contributed by atoms with E-state index in [1.165, 1.54) is 20.9 Å². The molecule has 5 nitrogen and oxygen atoms in total. The van der Waals surface area contributed by atoms with E-state index in [-0.39, 0.29) is 23.3 Å². The Balaban J connectivity index is 1.35. The predicted molar refractivity (Wildman–Crippen MR) is 108 cm³/mol. The molecule has 5 rings (SSSR count).